The van der Waals surface area contributed by atoms with Gasteiger partial charge >= 0.3 is 11.4 Å². The zero-order chi connectivity index (χ0) is 78.8. The molecular formula is C84H104N8O16P2. The van der Waals surface area contributed by atoms with Gasteiger partial charge in [0.05, 0.1) is 92.1 Å². The number of benzene rings is 6. The average molecular weight is 1540 g/mol. The van der Waals surface area contributed by atoms with Crippen LogP contribution in [0.15, 0.2) is 189 Å². The van der Waals surface area contributed by atoms with Gasteiger partial charge in [-0.1, -0.05) is 109 Å². The van der Waals surface area contributed by atoms with Crippen LogP contribution in [0.25, 0.3) is 0 Å². The maximum atomic E-state index is 15.2. The SMILES string of the molecule is COc1ccc(C(OC[C@H]2O[C@@H](n3cc(C)c(=O)n(CCCCn4c(=O)c(C)cn([C@H]5C[C@H](OP(OCCC#N)N(C(C)C)C(C)C)[C@@H](COC(c6ccccc6)(c6ccc(OC)cc6)c6ccc(OC)cc6)O5)c4=O)c3=O)C[C@@H]2OP(OCCC#N)N(C(C)C)C(C)C)(c2ccccc2)c2ccc(OC)cc2)cc1. The van der Waals surface area contributed by atoms with Crippen LogP contribution in [0.1, 0.15) is 151 Å². The second-order valence-corrected chi connectivity index (χ2v) is 31.2. The van der Waals surface area contributed by atoms with Gasteiger partial charge in [0.2, 0.25) is 0 Å². The van der Waals surface area contributed by atoms with Crippen molar-refractivity contribution in [3.63, 3.8) is 0 Å². The van der Waals surface area contributed by atoms with E-state index in [-0.39, 0.29) is 113 Å². The smallest absolute Gasteiger partial charge is 0.333 e. The topological polar surface area (TPSA) is 253 Å². The Balaban J connectivity index is 0.955. The Morgan fingerprint density at radius 2 is 0.745 bits per heavy atom. The zero-order valence-corrected chi connectivity index (χ0v) is 67.2. The van der Waals surface area contributed by atoms with Crippen LogP contribution in [0.3, 0.4) is 0 Å². The molecule has 6 aromatic carbocycles. The van der Waals surface area contributed by atoms with Crippen molar-refractivity contribution >= 4 is 17.1 Å². The van der Waals surface area contributed by atoms with E-state index in [1.807, 2.05) is 158 Å². The maximum absolute atomic E-state index is 15.2. The molecule has 26 heteroatoms. The Bertz CT molecular complexity index is 4200. The fraction of sp³-hybridized carbons (Fsp3) is 0.452. The summed E-state index contributed by atoms with van der Waals surface area (Å²) in [6.07, 6.45) is -1.30. The highest BCUT2D eigenvalue weighted by molar-refractivity contribution is 7.44. The first-order chi connectivity index (χ1) is 53.0. The second kappa shape index (κ2) is 39.0. The lowest BCUT2D eigenvalue weighted by atomic mass is 9.80. The molecule has 4 heterocycles. The Morgan fingerprint density at radius 1 is 0.455 bits per heavy atom. The molecular weight excluding hydrogens is 1440 g/mol. The molecule has 586 valence electrons. The standard InChI is InChI=1S/C84H104N8O16P2/c1-57(2)91(58(3)4)109(103-49-23-45-85)107-73-51-77(105-75(73)55-101-83(63-25-17-15-18-26-63,65-29-37-69(97-11)38-30-65)66-31-39-70(98-12)40-32-66)89-53-61(9)79(93)87(81(89)95)47-21-22-48-88-80(94)62(10)54-90(82(88)96)78-52-74(108-110(104-50-24-46-86)92(59(5)6)60(7)8)76(106-78)56-102-84(64-27-19-16-20-28-64,67-33-41-71(99-13)42-34-67)68-35-43-72(100-14)44-36-68/h15-20,25-44,53-54,57-60,73-78H,21-24,47-52,55-56H2,1-14H3/t73-,74-,75+,76+,77+,78+,109?,110?/m0/s1. The van der Waals surface area contributed by atoms with Gasteiger partial charge in [-0.05, 0) is 164 Å². The molecule has 8 atom stereocenters. The number of ether oxygens (including phenoxy) is 8. The molecule has 2 fully saturated rings. The summed E-state index contributed by atoms with van der Waals surface area (Å²) in [5.41, 5.74) is 0.493. The molecule has 0 amide bonds. The lowest BCUT2D eigenvalue weighted by Crippen LogP contribution is -2.43. The predicted molar refractivity (Wildman–Crippen MR) is 422 cm³/mol. The molecule has 0 bridgehead atoms. The minimum absolute atomic E-state index is 0.0425. The summed E-state index contributed by atoms with van der Waals surface area (Å²) in [6, 6.07) is 54.7. The Morgan fingerprint density at radius 3 is 1.02 bits per heavy atom. The summed E-state index contributed by atoms with van der Waals surface area (Å²) in [6.45, 7) is 19.6. The van der Waals surface area contributed by atoms with Crippen molar-refractivity contribution in [1.29, 1.82) is 10.5 Å². The van der Waals surface area contributed by atoms with E-state index in [4.69, 9.17) is 56.0 Å². The number of unbranched alkanes of at least 4 members (excludes halogenated alkanes) is 1. The van der Waals surface area contributed by atoms with Gasteiger partial charge in [0, 0.05) is 73.6 Å². The van der Waals surface area contributed by atoms with Crippen LogP contribution in [-0.2, 0) is 61.3 Å². The lowest BCUT2D eigenvalue weighted by Gasteiger charge is -2.39. The van der Waals surface area contributed by atoms with E-state index in [9.17, 15) is 20.1 Å². The van der Waals surface area contributed by atoms with Crippen LogP contribution in [0, 0.1) is 36.5 Å². The highest BCUT2D eigenvalue weighted by Gasteiger charge is 2.48. The summed E-state index contributed by atoms with van der Waals surface area (Å²) in [5, 5.41) is 19.4. The summed E-state index contributed by atoms with van der Waals surface area (Å²) in [7, 11) is 2.76. The Kier molecular flexibility index (Phi) is 29.7. The largest absolute Gasteiger partial charge is 0.497 e. The molecule has 0 saturated carbocycles. The van der Waals surface area contributed by atoms with E-state index in [0.717, 1.165) is 33.4 Å². The normalized spacial score (nSPS) is 18.0. The third-order valence-electron chi connectivity index (χ3n) is 19.8. The van der Waals surface area contributed by atoms with Crippen LogP contribution in [0.4, 0.5) is 0 Å². The fourth-order valence-electron chi connectivity index (χ4n) is 14.5. The highest BCUT2D eigenvalue weighted by Crippen LogP contribution is 2.53. The summed E-state index contributed by atoms with van der Waals surface area (Å²) in [4.78, 5) is 59.1. The number of methoxy groups -OCH3 is 4. The Hall–Kier alpha value is -8.68. The first kappa shape index (κ1) is 83.8. The Labute approximate surface area is 647 Å². The van der Waals surface area contributed by atoms with Crippen molar-refractivity contribution in [2.75, 3.05) is 54.9 Å². The van der Waals surface area contributed by atoms with E-state index < -0.39 is 87.6 Å². The first-order valence-corrected chi connectivity index (χ1v) is 39.7. The number of aromatic nitrogens is 4. The molecule has 0 radical (unpaired) electrons. The van der Waals surface area contributed by atoms with E-state index in [1.54, 1.807) is 42.3 Å². The van der Waals surface area contributed by atoms with Crippen molar-refractivity contribution < 1.29 is 56.0 Å². The molecule has 2 aromatic heterocycles. The molecule has 24 nitrogen and oxygen atoms in total. The summed E-state index contributed by atoms with van der Waals surface area (Å²) >= 11 is 0. The number of hydrogen-bond donors (Lipinski definition) is 0. The van der Waals surface area contributed by atoms with Crippen molar-refractivity contribution in [2.24, 2.45) is 0 Å². The molecule has 0 spiro atoms. The van der Waals surface area contributed by atoms with Gasteiger partial charge in [0.15, 0.2) is 0 Å². The number of nitriles is 2. The number of nitrogens with zero attached hydrogens (tertiary/aromatic N) is 8. The first-order valence-electron chi connectivity index (χ1n) is 37.5. The van der Waals surface area contributed by atoms with Crippen LogP contribution in [-0.4, -0.2) is 131 Å². The van der Waals surface area contributed by atoms with Gasteiger partial charge in [-0.2, -0.15) is 10.5 Å². The summed E-state index contributed by atoms with van der Waals surface area (Å²) < 4.78 is 88.3. The maximum Gasteiger partial charge on any atom is 0.333 e. The third-order valence-corrected chi connectivity index (χ3v) is 24.1. The van der Waals surface area contributed by atoms with Crippen LogP contribution < -0.4 is 41.4 Å². The molecule has 8 aromatic rings. The highest BCUT2D eigenvalue weighted by atomic mass is 31.2. The molecule has 2 aliphatic rings. The fourth-order valence-corrected chi connectivity index (χ4v) is 18.0. The average Bonchev–Trinajstić information content (AvgIpc) is 0.796. The molecule has 10 rings (SSSR count). The van der Waals surface area contributed by atoms with Crippen molar-refractivity contribution in [2.45, 2.75) is 193 Å². The number of hydrogen-bond acceptors (Lipinski definition) is 20. The quantitative estimate of drug-likeness (QED) is 0.0197. The number of rotatable bonds is 39. The van der Waals surface area contributed by atoms with E-state index >= 15 is 9.59 Å². The minimum Gasteiger partial charge on any atom is -0.497 e. The monoisotopic (exact) mass is 1540 g/mol. The molecule has 2 aliphatic heterocycles. The van der Waals surface area contributed by atoms with Gasteiger partial charge in [0.1, 0.15) is 58.9 Å². The van der Waals surface area contributed by atoms with Gasteiger partial charge < -0.3 is 56.0 Å². The third kappa shape index (κ3) is 19.1. The van der Waals surface area contributed by atoms with Gasteiger partial charge in [-0.15, -0.1) is 0 Å². The van der Waals surface area contributed by atoms with Gasteiger partial charge in [-0.25, -0.2) is 18.9 Å². The number of aryl methyl sites for hydroxylation is 2. The zero-order valence-electron chi connectivity index (χ0n) is 65.4. The summed E-state index contributed by atoms with van der Waals surface area (Å²) in [5.74, 6) is 2.61. The second-order valence-electron chi connectivity index (χ2n) is 28.4. The molecule has 110 heavy (non-hydrogen) atoms. The predicted octanol–water partition coefficient (Wildman–Crippen LogP) is 14.4. The van der Waals surface area contributed by atoms with E-state index in [1.165, 1.54) is 30.7 Å². The van der Waals surface area contributed by atoms with Crippen LogP contribution in [0.5, 0.6) is 23.0 Å². The van der Waals surface area contributed by atoms with Gasteiger partial charge in [-0.3, -0.25) is 27.9 Å². The molecule has 0 N–H and O–H groups in total. The van der Waals surface area contributed by atoms with E-state index in [2.05, 4.69) is 76.9 Å². The van der Waals surface area contributed by atoms with Crippen molar-refractivity contribution in [3.05, 3.63) is 256 Å². The molecule has 2 unspecified atom stereocenters. The molecule has 2 saturated heterocycles. The lowest BCUT2D eigenvalue weighted by molar-refractivity contribution is -0.0928. The van der Waals surface area contributed by atoms with Gasteiger partial charge in [0.25, 0.3) is 28.2 Å². The van der Waals surface area contributed by atoms with Crippen LogP contribution in [0.2, 0.25) is 0 Å². The molecule has 0 aliphatic carbocycles. The van der Waals surface area contributed by atoms with Crippen LogP contribution >= 0.6 is 17.1 Å². The van der Waals surface area contributed by atoms with Crippen molar-refractivity contribution in [3.8, 4) is 35.1 Å². The van der Waals surface area contributed by atoms with E-state index in [0.29, 0.717) is 23.0 Å². The van der Waals surface area contributed by atoms with Crippen molar-refractivity contribution in [1.82, 2.24) is 27.6 Å². The minimum atomic E-state index is -1.85.